The zero-order chi connectivity index (χ0) is 21.0. The molecule has 0 aliphatic heterocycles. The van der Waals surface area contributed by atoms with Crippen molar-refractivity contribution in [1.82, 2.24) is 14.1 Å². The topological polar surface area (TPSA) is 74.0 Å². The van der Waals surface area contributed by atoms with Crippen molar-refractivity contribution in [3.05, 3.63) is 31.1 Å². The first-order chi connectivity index (χ1) is 12.9. The number of pyridine rings is 1. The maximum atomic E-state index is 13.4. The van der Waals surface area contributed by atoms with Gasteiger partial charge in [0.05, 0.1) is 23.9 Å². The average Bonchev–Trinajstić information content (AvgIpc) is 3.14. The number of hydrogen-bond acceptors (Lipinski definition) is 5. The average molecular weight is 545 g/mol. The number of hydrogen-bond donors (Lipinski definition) is 0. The Morgan fingerprint density at radius 1 is 1.25 bits per heavy atom. The Morgan fingerprint density at radius 2 is 1.89 bits per heavy atom. The first-order valence-electron chi connectivity index (χ1n) is 8.12. The van der Waals surface area contributed by atoms with Crippen LogP contribution in [0.5, 0.6) is 0 Å². The summed E-state index contributed by atoms with van der Waals surface area (Å²) in [6.07, 6.45) is -4.71. The highest BCUT2D eigenvalue weighted by atomic mass is 127. The highest BCUT2D eigenvalue weighted by Crippen LogP contribution is 2.38. The van der Waals surface area contributed by atoms with Crippen molar-refractivity contribution in [3.63, 3.8) is 0 Å². The van der Waals surface area contributed by atoms with E-state index in [0.717, 1.165) is 17.4 Å². The SMILES string of the molecule is CCn1c(C(F)(F)F)cc2nc(-c3sc(I)cc3S(=O)(=O)CC)n(C)c2c1=O. The molecule has 3 rings (SSSR count). The smallest absolute Gasteiger partial charge is 0.322 e. The second-order valence-corrected chi connectivity index (χ2v) is 11.1. The van der Waals surface area contributed by atoms with Gasteiger partial charge in [0.15, 0.2) is 15.7 Å². The van der Waals surface area contributed by atoms with Gasteiger partial charge in [-0.25, -0.2) is 13.4 Å². The Hall–Kier alpha value is -1.41. The zero-order valence-electron chi connectivity index (χ0n) is 15.0. The summed E-state index contributed by atoms with van der Waals surface area (Å²) in [5, 5.41) is 0. The van der Waals surface area contributed by atoms with Crippen LogP contribution in [0.25, 0.3) is 21.7 Å². The molecule has 3 heterocycles. The van der Waals surface area contributed by atoms with Crippen molar-refractivity contribution < 1.29 is 21.6 Å². The Labute approximate surface area is 176 Å². The van der Waals surface area contributed by atoms with Crippen LogP contribution in [0.15, 0.2) is 21.8 Å². The Kier molecular flexibility index (Phi) is 5.42. The fourth-order valence-electron chi connectivity index (χ4n) is 2.96. The van der Waals surface area contributed by atoms with Gasteiger partial charge >= 0.3 is 6.18 Å². The van der Waals surface area contributed by atoms with E-state index in [2.05, 4.69) is 4.98 Å². The van der Waals surface area contributed by atoms with E-state index in [1.165, 1.54) is 31.5 Å². The fraction of sp³-hybridized carbons (Fsp3) is 0.375. The number of imidazole rings is 1. The van der Waals surface area contributed by atoms with E-state index in [1.54, 1.807) is 0 Å². The number of fused-ring (bicyclic) bond motifs is 1. The minimum absolute atomic E-state index is 0.00638. The number of thiophene rings is 1. The molecule has 6 nitrogen and oxygen atoms in total. The summed E-state index contributed by atoms with van der Waals surface area (Å²) in [6, 6.07) is 2.33. The highest BCUT2D eigenvalue weighted by molar-refractivity contribution is 14.1. The third-order valence-corrected chi connectivity index (χ3v) is 8.10. The van der Waals surface area contributed by atoms with Crippen molar-refractivity contribution in [2.45, 2.75) is 31.5 Å². The Morgan fingerprint density at radius 3 is 2.43 bits per heavy atom. The number of alkyl halides is 3. The van der Waals surface area contributed by atoms with E-state index >= 15 is 0 Å². The monoisotopic (exact) mass is 545 g/mol. The van der Waals surface area contributed by atoms with Crippen LogP contribution in [-0.2, 0) is 29.6 Å². The van der Waals surface area contributed by atoms with E-state index in [0.29, 0.717) is 12.3 Å². The zero-order valence-corrected chi connectivity index (χ0v) is 18.8. The van der Waals surface area contributed by atoms with Gasteiger partial charge in [-0.3, -0.25) is 4.79 Å². The van der Waals surface area contributed by atoms with E-state index in [-0.39, 0.29) is 34.1 Å². The molecule has 28 heavy (non-hydrogen) atoms. The van der Waals surface area contributed by atoms with Crippen LogP contribution < -0.4 is 5.56 Å². The van der Waals surface area contributed by atoms with Gasteiger partial charge in [-0.1, -0.05) is 6.92 Å². The van der Waals surface area contributed by atoms with Crippen molar-refractivity contribution >= 4 is 54.8 Å². The predicted octanol–water partition coefficient (Wildman–Crippen LogP) is 3.90. The lowest BCUT2D eigenvalue weighted by Gasteiger charge is -2.13. The molecule has 0 amide bonds. The minimum Gasteiger partial charge on any atom is -0.322 e. The molecule has 0 N–H and O–H groups in total. The largest absolute Gasteiger partial charge is 0.431 e. The predicted molar refractivity (Wildman–Crippen MR) is 109 cm³/mol. The lowest BCUT2D eigenvalue weighted by molar-refractivity contribution is -0.144. The summed E-state index contributed by atoms with van der Waals surface area (Å²) in [7, 11) is -2.08. The number of aryl methyl sites for hydroxylation is 1. The standard InChI is InChI=1S/C16H15F3IN3O3S2/c1-4-23-10(16(17,18)19)6-8-12(15(23)24)22(3)14(21-8)13-9(7-11(20)27-13)28(25,26)5-2/h6-7H,4-5H2,1-3H3. The second-order valence-electron chi connectivity index (χ2n) is 5.95. The molecule has 0 aromatic carbocycles. The van der Waals surface area contributed by atoms with E-state index in [1.807, 2.05) is 22.6 Å². The molecule has 0 saturated carbocycles. The molecule has 12 heteroatoms. The third kappa shape index (κ3) is 3.38. The number of halogens is 4. The summed E-state index contributed by atoms with van der Waals surface area (Å²) in [5.41, 5.74) is -2.03. The molecule has 152 valence electrons. The van der Waals surface area contributed by atoms with Crippen LogP contribution in [0.1, 0.15) is 19.5 Å². The second kappa shape index (κ2) is 7.13. The lowest BCUT2D eigenvalue weighted by Crippen LogP contribution is -2.28. The van der Waals surface area contributed by atoms with Gasteiger partial charge in [0.25, 0.3) is 5.56 Å². The van der Waals surface area contributed by atoms with E-state index in [9.17, 15) is 26.4 Å². The Bertz CT molecular complexity index is 1240. The summed E-state index contributed by atoms with van der Waals surface area (Å²) in [6.45, 7) is 2.80. The number of nitrogens with zero attached hydrogens (tertiary/aromatic N) is 3. The van der Waals surface area contributed by atoms with Crippen molar-refractivity contribution in [3.8, 4) is 10.7 Å². The summed E-state index contributed by atoms with van der Waals surface area (Å²) >= 11 is 3.13. The molecule has 0 fully saturated rings. The summed E-state index contributed by atoms with van der Waals surface area (Å²) in [4.78, 5) is 17.3. The number of sulfone groups is 1. The van der Waals surface area contributed by atoms with Gasteiger partial charge in [0.1, 0.15) is 11.2 Å². The first kappa shape index (κ1) is 21.3. The van der Waals surface area contributed by atoms with Crippen LogP contribution >= 0.6 is 33.9 Å². The van der Waals surface area contributed by atoms with Gasteiger partial charge < -0.3 is 9.13 Å². The Balaban J connectivity index is 2.40. The quantitative estimate of drug-likeness (QED) is 0.467. The summed E-state index contributed by atoms with van der Waals surface area (Å²) in [5.74, 6) is 0.0199. The van der Waals surface area contributed by atoms with Crippen molar-refractivity contribution in [2.24, 2.45) is 7.05 Å². The maximum absolute atomic E-state index is 13.4. The van der Waals surface area contributed by atoms with E-state index < -0.39 is 27.3 Å². The molecule has 0 atom stereocenters. The molecule has 0 aliphatic carbocycles. The molecule has 0 unspecified atom stereocenters. The molecular weight excluding hydrogens is 530 g/mol. The van der Waals surface area contributed by atoms with Crippen molar-refractivity contribution in [1.29, 1.82) is 0 Å². The van der Waals surface area contributed by atoms with Crippen LogP contribution in [-0.4, -0.2) is 28.3 Å². The molecule has 3 aromatic heterocycles. The van der Waals surface area contributed by atoms with Crippen molar-refractivity contribution in [2.75, 3.05) is 5.75 Å². The lowest BCUT2D eigenvalue weighted by atomic mass is 10.3. The number of aromatic nitrogens is 3. The first-order valence-corrected chi connectivity index (χ1v) is 11.7. The van der Waals surface area contributed by atoms with Gasteiger partial charge in [0, 0.05) is 13.6 Å². The van der Waals surface area contributed by atoms with Crippen LogP contribution in [0, 0.1) is 2.88 Å². The van der Waals surface area contributed by atoms with Gasteiger partial charge in [-0.2, -0.15) is 13.2 Å². The third-order valence-electron chi connectivity index (χ3n) is 4.33. The molecule has 0 bridgehead atoms. The van der Waals surface area contributed by atoms with Gasteiger partial charge in [-0.05, 0) is 41.6 Å². The van der Waals surface area contributed by atoms with Gasteiger partial charge in [0.2, 0.25) is 0 Å². The molecular formula is C16H15F3IN3O3S2. The molecule has 0 radical (unpaired) electrons. The number of rotatable bonds is 4. The van der Waals surface area contributed by atoms with Crippen LogP contribution in [0.2, 0.25) is 0 Å². The summed E-state index contributed by atoms with van der Waals surface area (Å²) < 4.78 is 67.7. The molecule has 0 spiro atoms. The molecule has 0 aliphatic rings. The van der Waals surface area contributed by atoms with Crippen LogP contribution in [0.4, 0.5) is 13.2 Å². The fourth-order valence-corrected chi connectivity index (χ4v) is 6.51. The van der Waals surface area contributed by atoms with Gasteiger partial charge in [-0.15, -0.1) is 11.3 Å². The minimum atomic E-state index is -4.71. The normalized spacial score (nSPS) is 12.8. The van der Waals surface area contributed by atoms with E-state index in [4.69, 9.17) is 0 Å². The van der Waals surface area contributed by atoms with Crippen LogP contribution in [0.3, 0.4) is 0 Å². The molecule has 0 saturated heterocycles. The maximum Gasteiger partial charge on any atom is 0.431 e. The molecule has 3 aromatic rings. The highest BCUT2D eigenvalue weighted by Gasteiger charge is 2.36.